The van der Waals surface area contributed by atoms with Crippen LogP contribution in [0.2, 0.25) is 0 Å². The second-order valence-electron chi connectivity index (χ2n) is 11.1. The van der Waals surface area contributed by atoms with Crippen LogP contribution in [0.25, 0.3) is 0 Å². The zero-order valence-electron chi connectivity index (χ0n) is 25.3. The van der Waals surface area contributed by atoms with Gasteiger partial charge in [-0.05, 0) is 74.9 Å². The molecule has 0 heterocycles. The Hall–Kier alpha value is -3.65. The minimum Gasteiger partial charge on any atom is -0.354 e. The topological polar surface area (TPSA) is 86.8 Å². The molecule has 3 aromatic carbocycles. The number of rotatable bonds is 12. The van der Waals surface area contributed by atoms with Gasteiger partial charge in [-0.1, -0.05) is 80.4 Å². The molecule has 1 atom stereocenters. The molecule has 0 aliphatic heterocycles. The van der Waals surface area contributed by atoms with Crippen LogP contribution in [0.4, 0.5) is 5.69 Å². The van der Waals surface area contributed by atoms with Gasteiger partial charge in [0.25, 0.3) is 10.0 Å². The Balaban J connectivity index is 2.09. The fraction of sp³-hybridized carbons (Fsp3) is 0.394. The van der Waals surface area contributed by atoms with E-state index < -0.39 is 28.5 Å². The summed E-state index contributed by atoms with van der Waals surface area (Å²) in [5.41, 5.74) is 4.95. The van der Waals surface area contributed by atoms with E-state index in [0.29, 0.717) is 18.7 Å². The molecular weight excluding hydrogens is 534 g/mol. The maximum atomic E-state index is 14.2. The third kappa shape index (κ3) is 7.97. The molecule has 3 aromatic rings. The number of amides is 2. The Morgan fingerprint density at radius 2 is 1.54 bits per heavy atom. The lowest BCUT2D eigenvalue weighted by molar-refractivity contribution is -0.140. The quantitative estimate of drug-likeness (QED) is 0.299. The van der Waals surface area contributed by atoms with Crippen LogP contribution in [0.3, 0.4) is 0 Å². The van der Waals surface area contributed by atoms with Crippen LogP contribution >= 0.6 is 0 Å². The van der Waals surface area contributed by atoms with Crippen molar-refractivity contribution in [3.8, 4) is 0 Å². The predicted molar refractivity (Wildman–Crippen MR) is 165 cm³/mol. The molecule has 0 spiro atoms. The fourth-order valence-electron chi connectivity index (χ4n) is 4.71. The number of nitrogens with one attached hydrogen (secondary N) is 1. The van der Waals surface area contributed by atoms with Crippen molar-refractivity contribution in [2.45, 2.75) is 72.4 Å². The molecule has 41 heavy (non-hydrogen) atoms. The average Bonchev–Trinajstić information content (AvgIpc) is 2.92. The summed E-state index contributed by atoms with van der Waals surface area (Å²) in [7, 11) is -4.11. The van der Waals surface area contributed by atoms with Gasteiger partial charge in [-0.15, -0.1) is 0 Å². The van der Waals surface area contributed by atoms with Gasteiger partial charge in [0, 0.05) is 13.1 Å². The molecule has 0 aliphatic carbocycles. The molecule has 2 amide bonds. The van der Waals surface area contributed by atoms with Gasteiger partial charge in [0.1, 0.15) is 12.6 Å². The largest absolute Gasteiger partial charge is 0.354 e. The number of carbonyl (C=O) groups is 2. The number of nitrogens with zero attached hydrogens (tertiary/aromatic N) is 2. The third-order valence-electron chi connectivity index (χ3n) is 7.24. The molecule has 0 saturated carbocycles. The first-order chi connectivity index (χ1) is 19.3. The molecule has 0 bridgehead atoms. The van der Waals surface area contributed by atoms with Gasteiger partial charge >= 0.3 is 0 Å². The average molecular weight is 578 g/mol. The summed E-state index contributed by atoms with van der Waals surface area (Å²) in [6.45, 7) is 13.7. The van der Waals surface area contributed by atoms with Gasteiger partial charge in [0.05, 0.1) is 10.6 Å². The number of aryl methyl sites for hydroxylation is 3. The van der Waals surface area contributed by atoms with E-state index in [1.807, 2.05) is 78.8 Å². The highest BCUT2D eigenvalue weighted by Gasteiger charge is 2.34. The molecule has 0 aliphatic rings. The Morgan fingerprint density at radius 3 is 2.15 bits per heavy atom. The summed E-state index contributed by atoms with van der Waals surface area (Å²) in [6, 6.07) is 19.0. The number of benzene rings is 3. The van der Waals surface area contributed by atoms with Crippen LogP contribution < -0.4 is 9.62 Å². The van der Waals surface area contributed by atoms with E-state index in [9.17, 15) is 18.0 Å². The van der Waals surface area contributed by atoms with Gasteiger partial charge in [-0.25, -0.2) is 8.42 Å². The van der Waals surface area contributed by atoms with Crippen LogP contribution in [0, 0.1) is 33.6 Å². The standard InChI is InChI=1S/C33H43N3O4S/c1-8-30(33(38)34-20-23(2)3)35(21-28-13-9-11-25(5)19-28)32(37)22-36(31-14-10-12-26(6)27(31)7)41(39,40)29-17-15-24(4)16-18-29/h9-19,23,30H,8,20-22H2,1-7H3,(H,34,38). The summed E-state index contributed by atoms with van der Waals surface area (Å²) in [5.74, 6) is -0.451. The lowest BCUT2D eigenvalue weighted by Gasteiger charge is -2.34. The van der Waals surface area contributed by atoms with Crippen LogP contribution in [0.1, 0.15) is 55.0 Å². The zero-order valence-corrected chi connectivity index (χ0v) is 26.1. The highest BCUT2D eigenvalue weighted by molar-refractivity contribution is 7.92. The van der Waals surface area contributed by atoms with Crippen molar-refractivity contribution >= 4 is 27.5 Å². The Labute approximate surface area is 245 Å². The zero-order chi connectivity index (χ0) is 30.3. The molecule has 1 unspecified atom stereocenters. The predicted octanol–water partition coefficient (Wildman–Crippen LogP) is 5.70. The fourth-order valence-corrected chi connectivity index (χ4v) is 6.18. The molecule has 220 valence electrons. The number of sulfonamides is 1. The van der Waals surface area contributed by atoms with Crippen molar-refractivity contribution in [3.63, 3.8) is 0 Å². The van der Waals surface area contributed by atoms with E-state index in [1.54, 1.807) is 36.4 Å². The first kappa shape index (κ1) is 31.9. The molecule has 0 radical (unpaired) electrons. The second kappa shape index (κ2) is 13.8. The first-order valence-electron chi connectivity index (χ1n) is 14.1. The normalized spacial score (nSPS) is 12.2. The van der Waals surface area contributed by atoms with Crippen molar-refractivity contribution in [1.29, 1.82) is 0 Å². The molecule has 1 N–H and O–H groups in total. The maximum Gasteiger partial charge on any atom is 0.264 e. The number of hydrogen-bond acceptors (Lipinski definition) is 4. The Bertz CT molecular complexity index is 1470. The number of carbonyl (C=O) groups excluding carboxylic acids is 2. The van der Waals surface area contributed by atoms with E-state index >= 15 is 0 Å². The molecule has 0 fully saturated rings. The second-order valence-corrected chi connectivity index (χ2v) is 13.0. The molecule has 0 aromatic heterocycles. The first-order valence-corrected chi connectivity index (χ1v) is 15.6. The van der Waals surface area contributed by atoms with Crippen molar-refractivity contribution in [2.24, 2.45) is 5.92 Å². The summed E-state index contributed by atoms with van der Waals surface area (Å²) in [4.78, 5) is 29.2. The van der Waals surface area contributed by atoms with E-state index in [0.717, 1.165) is 27.8 Å². The van der Waals surface area contributed by atoms with E-state index in [-0.39, 0.29) is 23.3 Å². The lowest BCUT2D eigenvalue weighted by atomic mass is 10.1. The summed E-state index contributed by atoms with van der Waals surface area (Å²) in [5, 5.41) is 2.96. The SMILES string of the molecule is CCC(C(=O)NCC(C)C)N(Cc1cccc(C)c1)C(=O)CN(c1cccc(C)c1C)S(=O)(=O)c1ccc(C)cc1. The van der Waals surface area contributed by atoms with Crippen molar-refractivity contribution in [2.75, 3.05) is 17.4 Å². The number of hydrogen-bond donors (Lipinski definition) is 1. The Kier molecular flexibility index (Phi) is 10.7. The highest BCUT2D eigenvalue weighted by Crippen LogP contribution is 2.29. The molecule has 0 saturated heterocycles. The van der Waals surface area contributed by atoms with Crippen molar-refractivity contribution in [1.82, 2.24) is 10.2 Å². The Morgan fingerprint density at radius 1 is 0.878 bits per heavy atom. The van der Waals surface area contributed by atoms with Gasteiger partial charge in [-0.3, -0.25) is 13.9 Å². The van der Waals surface area contributed by atoms with E-state index in [4.69, 9.17) is 0 Å². The number of anilines is 1. The molecule has 7 nitrogen and oxygen atoms in total. The smallest absolute Gasteiger partial charge is 0.264 e. The van der Waals surface area contributed by atoms with E-state index in [2.05, 4.69) is 5.32 Å². The van der Waals surface area contributed by atoms with Crippen LogP contribution in [0.5, 0.6) is 0 Å². The van der Waals surface area contributed by atoms with Crippen molar-refractivity contribution < 1.29 is 18.0 Å². The van der Waals surface area contributed by atoms with Gasteiger partial charge < -0.3 is 10.2 Å². The van der Waals surface area contributed by atoms with Gasteiger partial charge in [-0.2, -0.15) is 0 Å². The molecule has 3 rings (SSSR count). The highest BCUT2D eigenvalue weighted by atomic mass is 32.2. The van der Waals surface area contributed by atoms with Crippen LogP contribution in [-0.4, -0.2) is 44.3 Å². The van der Waals surface area contributed by atoms with Crippen LogP contribution in [0.15, 0.2) is 71.6 Å². The monoisotopic (exact) mass is 577 g/mol. The summed E-state index contributed by atoms with van der Waals surface area (Å²) < 4.78 is 29.4. The minimum absolute atomic E-state index is 0.101. The summed E-state index contributed by atoms with van der Waals surface area (Å²) in [6.07, 6.45) is 0.385. The lowest BCUT2D eigenvalue weighted by Crippen LogP contribution is -2.52. The van der Waals surface area contributed by atoms with Crippen LogP contribution in [-0.2, 0) is 26.2 Å². The van der Waals surface area contributed by atoms with Gasteiger partial charge in [0.15, 0.2) is 0 Å². The molecule has 8 heteroatoms. The third-order valence-corrected chi connectivity index (χ3v) is 9.01. The minimum atomic E-state index is -4.11. The molecular formula is C33H43N3O4S. The van der Waals surface area contributed by atoms with Gasteiger partial charge in [0.2, 0.25) is 11.8 Å². The van der Waals surface area contributed by atoms with E-state index in [1.165, 1.54) is 9.21 Å². The maximum absolute atomic E-state index is 14.2. The van der Waals surface area contributed by atoms with Crippen molar-refractivity contribution in [3.05, 3.63) is 94.5 Å². The summed E-state index contributed by atoms with van der Waals surface area (Å²) >= 11 is 0.